The average molecular weight is 368 g/mol. The van der Waals surface area contributed by atoms with Gasteiger partial charge in [0.15, 0.2) is 15.6 Å². The number of nitrogens with zero attached hydrogens (tertiary/aromatic N) is 1. The third-order valence-corrected chi connectivity index (χ3v) is 8.18. The maximum atomic E-state index is 12.5. The van der Waals surface area contributed by atoms with E-state index in [0.29, 0.717) is 21.5 Å². The van der Waals surface area contributed by atoms with Crippen molar-refractivity contribution in [3.8, 4) is 0 Å². The van der Waals surface area contributed by atoms with Crippen molar-refractivity contribution in [2.75, 3.05) is 23.8 Å². The topological polar surface area (TPSA) is 54.5 Å². The number of carbonyl (C=O) groups excluding carboxylic acids is 1. The van der Waals surface area contributed by atoms with Crippen LogP contribution in [0.4, 0.5) is 0 Å². The molecule has 0 radical (unpaired) electrons. The van der Waals surface area contributed by atoms with Gasteiger partial charge in [0, 0.05) is 23.8 Å². The Morgan fingerprint density at radius 3 is 2.81 bits per heavy atom. The van der Waals surface area contributed by atoms with Crippen LogP contribution in [0.2, 0.25) is 4.34 Å². The van der Waals surface area contributed by atoms with Crippen LogP contribution in [-0.4, -0.2) is 54.3 Å². The van der Waals surface area contributed by atoms with Crippen molar-refractivity contribution in [1.82, 2.24) is 4.90 Å². The van der Waals surface area contributed by atoms with Crippen molar-refractivity contribution in [3.63, 3.8) is 0 Å². The van der Waals surface area contributed by atoms with Crippen molar-refractivity contribution in [3.05, 3.63) is 21.3 Å². The molecule has 0 amide bonds. The first kappa shape index (κ1) is 17.3. The first-order valence-electron chi connectivity index (χ1n) is 6.71. The van der Waals surface area contributed by atoms with Crippen LogP contribution in [0.15, 0.2) is 12.1 Å². The minimum atomic E-state index is -3.20. The van der Waals surface area contributed by atoms with Crippen molar-refractivity contribution in [2.24, 2.45) is 0 Å². The second-order valence-corrected chi connectivity index (χ2v) is 10.2. The fourth-order valence-electron chi connectivity index (χ4n) is 2.34. The van der Waals surface area contributed by atoms with Gasteiger partial charge in [0.2, 0.25) is 0 Å². The number of hydrogen-bond acceptors (Lipinski definition) is 6. The van der Waals surface area contributed by atoms with E-state index in [1.54, 1.807) is 37.7 Å². The summed E-state index contributed by atoms with van der Waals surface area (Å²) >= 11 is 8.74. The molecule has 21 heavy (non-hydrogen) atoms. The fourth-order valence-corrected chi connectivity index (χ4v) is 6.51. The molecular weight excluding hydrogens is 350 g/mol. The molecule has 0 N–H and O–H groups in total. The van der Waals surface area contributed by atoms with Gasteiger partial charge in [-0.2, -0.15) is 11.8 Å². The molecule has 1 aromatic heterocycles. The first-order valence-corrected chi connectivity index (χ1v) is 10.8. The molecule has 1 aliphatic heterocycles. The first-order chi connectivity index (χ1) is 9.86. The number of carbonyl (C=O) groups is 1. The van der Waals surface area contributed by atoms with E-state index in [1.807, 2.05) is 4.90 Å². The summed E-state index contributed by atoms with van der Waals surface area (Å²) in [4.78, 5) is 14.9. The van der Waals surface area contributed by atoms with Gasteiger partial charge in [0.05, 0.1) is 15.3 Å². The predicted octanol–water partition coefficient (Wildman–Crippen LogP) is 2.78. The normalized spacial score (nSPS) is 22.1. The average Bonchev–Trinajstić information content (AvgIpc) is 2.92. The molecular formula is C13H18ClNO3S3. The minimum Gasteiger partial charge on any atom is -0.291 e. The van der Waals surface area contributed by atoms with Crippen LogP contribution < -0.4 is 0 Å². The van der Waals surface area contributed by atoms with Gasteiger partial charge in [0.25, 0.3) is 0 Å². The van der Waals surface area contributed by atoms with Crippen LogP contribution in [0.25, 0.3) is 0 Å². The molecule has 0 saturated carbocycles. The molecule has 1 aromatic rings. The molecule has 8 heteroatoms. The van der Waals surface area contributed by atoms with Crippen LogP contribution in [-0.2, 0) is 9.84 Å². The molecule has 2 rings (SSSR count). The summed E-state index contributed by atoms with van der Waals surface area (Å²) < 4.78 is 25.1. The number of thioether (sulfide) groups is 1. The Morgan fingerprint density at radius 1 is 1.52 bits per heavy atom. The Balaban J connectivity index is 2.23. The molecule has 1 saturated heterocycles. The van der Waals surface area contributed by atoms with E-state index < -0.39 is 21.3 Å². The Bertz CT molecular complexity index is 614. The molecule has 2 unspecified atom stereocenters. The monoisotopic (exact) mass is 367 g/mol. The van der Waals surface area contributed by atoms with Crippen molar-refractivity contribution in [2.45, 2.75) is 25.3 Å². The second kappa shape index (κ2) is 7.00. The van der Waals surface area contributed by atoms with Gasteiger partial charge in [-0.15, -0.1) is 11.3 Å². The lowest BCUT2D eigenvalue weighted by atomic mass is 10.1. The zero-order valence-electron chi connectivity index (χ0n) is 11.9. The zero-order chi connectivity index (χ0) is 15.6. The number of Topliss-reactive ketones (excluding diaryl/α,β-unsaturated/α-hetero) is 1. The van der Waals surface area contributed by atoms with Crippen LogP contribution >= 0.6 is 34.7 Å². The fraction of sp³-hybridized carbons (Fsp3) is 0.615. The van der Waals surface area contributed by atoms with Gasteiger partial charge in [-0.3, -0.25) is 9.69 Å². The number of hydrogen-bond donors (Lipinski definition) is 0. The summed E-state index contributed by atoms with van der Waals surface area (Å²) in [5.74, 6) is 1.41. The molecule has 2 heterocycles. The Hall–Kier alpha value is -0.0800. The summed E-state index contributed by atoms with van der Waals surface area (Å²) in [6.07, 6.45) is 0. The number of sulfone groups is 1. The van der Waals surface area contributed by atoms with Crippen LogP contribution in [0.3, 0.4) is 0 Å². The Morgan fingerprint density at radius 2 is 2.24 bits per heavy atom. The van der Waals surface area contributed by atoms with E-state index in [-0.39, 0.29) is 11.5 Å². The molecule has 0 aliphatic carbocycles. The number of halogens is 1. The lowest BCUT2D eigenvalue weighted by Crippen LogP contribution is -2.53. The van der Waals surface area contributed by atoms with E-state index in [2.05, 4.69) is 0 Å². The SMILES string of the molecule is CCS(=O)(=O)C1CSCCN1C(C)C(=O)c1ccc(Cl)s1. The van der Waals surface area contributed by atoms with Crippen LogP contribution in [0.1, 0.15) is 23.5 Å². The molecule has 0 spiro atoms. The number of rotatable bonds is 5. The predicted molar refractivity (Wildman–Crippen MR) is 90.4 cm³/mol. The highest BCUT2D eigenvalue weighted by molar-refractivity contribution is 8.01. The van der Waals surface area contributed by atoms with Crippen molar-refractivity contribution < 1.29 is 13.2 Å². The third kappa shape index (κ3) is 3.82. The molecule has 118 valence electrons. The molecule has 1 fully saturated rings. The summed E-state index contributed by atoms with van der Waals surface area (Å²) in [5.41, 5.74) is 0. The van der Waals surface area contributed by atoms with Gasteiger partial charge < -0.3 is 0 Å². The number of thiophene rings is 1. The molecule has 0 aromatic carbocycles. The minimum absolute atomic E-state index is 0.0601. The molecule has 4 nitrogen and oxygen atoms in total. The standard InChI is InChI=1S/C13H18ClNO3S3/c1-3-21(17,18)12-8-19-7-6-15(12)9(2)13(16)10-4-5-11(14)20-10/h4-5,9,12H,3,6-8H2,1-2H3. The van der Waals surface area contributed by atoms with Gasteiger partial charge in [-0.05, 0) is 19.1 Å². The van der Waals surface area contributed by atoms with Gasteiger partial charge >= 0.3 is 0 Å². The van der Waals surface area contributed by atoms with E-state index in [1.165, 1.54) is 11.3 Å². The smallest absolute Gasteiger partial charge is 0.189 e. The van der Waals surface area contributed by atoms with E-state index in [9.17, 15) is 13.2 Å². The van der Waals surface area contributed by atoms with Crippen LogP contribution in [0, 0.1) is 0 Å². The summed E-state index contributed by atoms with van der Waals surface area (Å²) in [5, 5.41) is -0.573. The summed E-state index contributed by atoms with van der Waals surface area (Å²) in [6, 6.07) is 2.94. The highest BCUT2D eigenvalue weighted by Crippen LogP contribution is 2.27. The molecule has 1 aliphatic rings. The van der Waals surface area contributed by atoms with Crippen molar-refractivity contribution >= 4 is 50.3 Å². The summed E-state index contributed by atoms with van der Waals surface area (Å²) in [7, 11) is -3.20. The Labute approximate surface area is 138 Å². The number of ketones is 1. The lowest BCUT2D eigenvalue weighted by molar-refractivity contribution is 0.0837. The highest BCUT2D eigenvalue weighted by Gasteiger charge is 2.38. The van der Waals surface area contributed by atoms with Crippen LogP contribution in [0.5, 0.6) is 0 Å². The molecule has 0 bridgehead atoms. The maximum absolute atomic E-state index is 12.5. The second-order valence-electron chi connectivity index (χ2n) is 4.86. The highest BCUT2D eigenvalue weighted by atomic mass is 35.5. The Kier molecular flexibility index (Phi) is 5.76. The quantitative estimate of drug-likeness (QED) is 0.749. The zero-order valence-corrected chi connectivity index (χ0v) is 15.1. The molecule has 2 atom stereocenters. The van der Waals surface area contributed by atoms with E-state index in [4.69, 9.17) is 11.6 Å². The van der Waals surface area contributed by atoms with E-state index >= 15 is 0 Å². The van der Waals surface area contributed by atoms with Crippen molar-refractivity contribution in [1.29, 1.82) is 0 Å². The van der Waals surface area contributed by atoms with Gasteiger partial charge in [0.1, 0.15) is 5.37 Å². The van der Waals surface area contributed by atoms with E-state index in [0.717, 1.165) is 5.75 Å². The lowest BCUT2D eigenvalue weighted by Gasteiger charge is -2.37. The van der Waals surface area contributed by atoms with Gasteiger partial charge in [-0.1, -0.05) is 18.5 Å². The summed E-state index contributed by atoms with van der Waals surface area (Å²) in [6.45, 7) is 4.04. The maximum Gasteiger partial charge on any atom is 0.189 e. The third-order valence-electron chi connectivity index (χ3n) is 3.63. The largest absolute Gasteiger partial charge is 0.291 e. The van der Waals surface area contributed by atoms with Gasteiger partial charge in [-0.25, -0.2) is 8.42 Å².